The first-order valence-corrected chi connectivity index (χ1v) is 6.61. The van der Waals surface area contributed by atoms with Crippen LogP contribution in [0.5, 0.6) is 0 Å². The van der Waals surface area contributed by atoms with E-state index in [0.29, 0.717) is 5.54 Å². The third-order valence-corrected chi connectivity index (χ3v) is 4.96. The van der Waals surface area contributed by atoms with Crippen LogP contribution in [0.25, 0.3) is 0 Å². The molecule has 0 aliphatic heterocycles. The molecule has 2 nitrogen and oxygen atoms in total. The van der Waals surface area contributed by atoms with Crippen LogP contribution in [0.2, 0.25) is 0 Å². The molecular weight excluding hydrogens is 184 g/mol. The first-order valence-electron chi connectivity index (χ1n) is 6.61. The monoisotopic (exact) mass is 210 g/mol. The van der Waals surface area contributed by atoms with Gasteiger partial charge in [0.2, 0.25) is 0 Å². The van der Waals surface area contributed by atoms with Gasteiger partial charge in [-0.15, -0.1) is 0 Å². The third kappa shape index (κ3) is 2.07. The van der Waals surface area contributed by atoms with Crippen molar-refractivity contribution in [2.45, 2.75) is 63.5 Å². The highest BCUT2D eigenvalue weighted by Gasteiger charge is 2.40. The molecule has 2 heteroatoms. The van der Waals surface area contributed by atoms with Gasteiger partial charge in [-0.05, 0) is 51.5 Å². The average molecular weight is 210 g/mol. The highest BCUT2D eigenvalue weighted by Crippen LogP contribution is 2.39. The van der Waals surface area contributed by atoms with Gasteiger partial charge in [0.05, 0.1) is 0 Å². The maximum atomic E-state index is 6.06. The Morgan fingerprint density at radius 1 is 1.20 bits per heavy atom. The first kappa shape index (κ1) is 11.4. The first-order chi connectivity index (χ1) is 7.18. The summed E-state index contributed by atoms with van der Waals surface area (Å²) in [6.07, 6.45) is 9.59. The van der Waals surface area contributed by atoms with Gasteiger partial charge in [0.25, 0.3) is 0 Å². The molecule has 0 aromatic heterocycles. The molecule has 0 aromatic carbocycles. The Morgan fingerprint density at radius 3 is 2.20 bits per heavy atom. The van der Waals surface area contributed by atoms with Crippen LogP contribution < -0.4 is 5.73 Å². The minimum Gasteiger partial charge on any atom is -0.329 e. The Bertz CT molecular complexity index is 203. The number of likely N-dealkylation sites (N-methyl/N-ethyl adjacent to an activating group) is 1. The highest BCUT2D eigenvalue weighted by molar-refractivity contribution is 4.98. The summed E-state index contributed by atoms with van der Waals surface area (Å²) in [7, 11) is 2.31. The van der Waals surface area contributed by atoms with Crippen LogP contribution in [0.4, 0.5) is 0 Å². The fourth-order valence-electron chi connectivity index (χ4n) is 3.16. The van der Waals surface area contributed by atoms with Gasteiger partial charge in [0.15, 0.2) is 0 Å². The quantitative estimate of drug-likeness (QED) is 0.775. The maximum Gasteiger partial charge on any atom is 0.0331 e. The van der Waals surface area contributed by atoms with Crippen molar-refractivity contribution in [3.05, 3.63) is 0 Å². The molecular formula is C13H26N2. The van der Waals surface area contributed by atoms with E-state index < -0.39 is 0 Å². The van der Waals surface area contributed by atoms with Gasteiger partial charge >= 0.3 is 0 Å². The summed E-state index contributed by atoms with van der Waals surface area (Å²) in [4.78, 5) is 2.63. The molecule has 0 unspecified atom stereocenters. The standard InChI is InChI=1S/C13H26N2/c1-11-6-8-13(10-14,9-7-11)15(2)12-4-3-5-12/h11-12H,3-10,14H2,1-2H3. The van der Waals surface area contributed by atoms with Crippen molar-refractivity contribution in [1.82, 2.24) is 4.90 Å². The highest BCUT2D eigenvalue weighted by atomic mass is 15.2. The summed E-state index contributed by atoms with van der Waals surface area (Å²) in [6, 6.07) is 0.835. The third-order valence-electron chi connectivity index (χ3n) is 4.96. The Labute approximate surface area is 94.2 Å². The van der Waals surface area contributed by atoms with Crippen molar-refractivity contribution in [3.63, 3.8) is 0 Å². The van der Waals surface area contributed by atoms with Gasteiger partial charge in [-0.25, -0.2) is 0 Å². The van der Waals surface area contributed by atoms with E-state index in [1.54, 1.807) is 0 Å². The van der Waals surface area contributed by atoms with Crippen molar-refractivity contribution in [2.75, 3.05) is 13.6 Å². The summed E-state index contributed by atoms with van der Waals surface area (Å²) in [5, 5.41) is 0. The second kappa shape index (κ2) is 4.42. The summed E-state index contributed by atoms with van der Waals surface area (Å²) in [5.41, 5.74) is 6.40. The van der Waals surface area contributed by atoms with Gasteiger partial charge in [-0.3, -0.25) is 4.90 Å². The van der Waals surface area contributed by atoms with Crippen LogP contribution in [0, 0.1) is 5.92 Å². The molecule has 15 heavy (non-hydrogen) atoms. The van der Waals surface area contributed by atoms with Gasteiger partial charge in [-0.2, -0.15) is 0 Å². The zero-order valence-corrected chi connectivity index (χ0v) is 10.3. The predicted octanol–water partition coefficient (Wildman–Crippen LogP) is 2.38. The number of nitrogens with zero attached hydrogens (tertiary/aromatic N) is 1. The topological polar surface area (TPSA) is 29.3 Å². The SMILES string of the molecule is CC1CCC(CN)(N(C)C2CCC2)CC1. The summed E-state index contributed by atoms with van der Waals surface area (Å²) >= 11 is 0. The summed E-state index contributed by atoms with van der Waals surface area (Å²) < 4.78 is 0. The fraction of sp³-hybridized carbons (Fsp3) is 1.00. The van der Waals surface area contributed by atoms with Gasteiger partial charge in [0.1, 0.15) is 0 Å². The zero-order valence-electron chi connectivity index (χ0n) is 10.3. The molecule has 0 spiro atoms. The predicted molar refractivity (Wildman–Crippen MR) is 64.8 cm³/mol. The number of hydrogen-bond donors (Lipinski definition) is 1. The molecule has 2 aliphatic carbocycles. The van der Waals surface area contributed by atoms with Crippen LogP contribution in [0.3, 0.4) is 0 Å². The van der Waals surface area contributed by atoms with Crippen LogP contribution in [-0.2, 0) is 0 Å². The summed E-state index contributed by atoms with van der Waals surface area (Å²) in [6.45, 7) is 3.23. The van der Waals surface area contributed by atoms with E-state index >= 15 is 0 Å². The van der Waals surface area contributed by atoms with Crippen molar-refractivity contribution in [2.24, 2.45) is 11.7 Å². The van der Waals surface area contributed by atoms with Crippen LogP contribution in [-0.4, -0.2) is 30.1 Å². The average Bonchev–Trinajstić information content (AvgIpc) is 2.17. The molecule has 2 saturated carbocycles. The van der Waals surface area contributed by atoms with E-state index in [4.69, 9.17) is 5.73 Å². The molecule has 2 rings (SSSR count). The lowest BCUT2D eigenvalue weighted by Crippen LogP contribution is -2.58. The number of nitrogens with two attached hydrogens (primary N) is 1. The van der Waals surface area contributed by atoms with Gasteiger partial charge in [0, 0.05) is 18.1 Å². The van der Waals surface area contributed by atoms with E-state index in [1.807, 2.05) is 0 Å². The van der Waals surface area contributed by atoms with Gasteiger partial charge < -0.3 is 5.73 Å². The molecule has 2 N–H and O–H groups in total. The minimum absolute atomic E-state index is 0.345. The summed E-state index contributed by atoms with van der Waals surface area (Å²) in [5.74, 6) is 0.916. The van der Waals surface area contributed by atoms with E-state index in [2.05, 4.69) is 18.9 Å². The normalized spacial score (nSPS) is 38.0. The van der Waals surface area contributed by atoms with Crippen LogP contribution >= 0.6 is 0 Å². The molecule has 0 aromatic rings. The van der Waals surface area contributed by atoms with E-state index in [0.717, 1.165) is 18.5 Å². The second-order valence-corrected chi connectivity index (χ2v) is 5.81. The van der Waals surface area contributed by atoms with E-state index in [-0.39, 0.29) is 0 Å². The lowest BCUT2D eigenvalue weighted by atomic mass is 9.74. The molecule has 0 saturated heterocycles. The van der Waals surface area contributed by atoms with Crippen LogP contribution in [0.15, 0.2) is 0 Å². The lowest BCUT2D eigenvalue weighted by molar-refractivity contribution is 0.00434. The Morgan fingerprint density at radius 2 is 1.80 bits per heavy atom. The molecule has 0 amide bonds. The number of rotatable bonds is 3. The molecule has 2 aliphatic rings. The second-order valence-electron chi connectivity index (χ2n) is 5.81. The molecule has 0 radical (unpaired) electrons. The Hall–Kier alpha value is -0.0800. The number of hydrogen-bond acceptors (Lipinski definition) is 2. The largest absolute Gasteiger partial charge is 0.329 e. The lowest BCUT2D eigenvalue weighted by Gasteiger charge is -2.51. The van der Waals surface area contributed by atoms with Gasteiger partial charge in [-0.1, -0.05) is 13.3 Å². The van der Waals surface area contributed by atoms with Crippen molar-refractivity contribution in [1.29, 1.82) is 0 Å². The maximum absolute atomic E-state index is 6.06. The zero-order chi connectivity index (χ0) is 10.9. The molecule has 0 atom stereocenters. The molecule has 2 fully saturated rings. The Kier molecular flexibility index (Phi) is 3.36. The Balaban J connectivity index is 2.00. The van der Waals surface area contributed by atoms with Crippen molar-refractivity contribution < 1.29 is 0 Å². The van der Waals surface area contributed by atoms with E-state index in [1.165, 1.54) is 44.9 Å². The molecule has 88 valence electrons. The fourth-order valence-corrected chi connectivity index (χ4v) is 3.16. The van der Waals surface area contributed by atoms with Crippen molar-refractivity contribution in [3.8, 4) is 0 Å². The van der Waals surface area contributed by atoms with E-state index in [9.17, 15) is 0 Å². The minimum atomic E-state index is 0.345. The smallest absolute Gasteiger partial charge is 0.0331 e. The molecule has 0 heterocycles. The van der Waals surface area contributed by atoms with Crippen molar-refractivity contribution >= 4 is 0 Å². The van der Waals surface area contributed by atoms with Crippen LogP contribution in [0.1, 0.15) is 51.9 Å². The molecule has 0 bridgehead atoms.